The lowest BCUT2D eigenvalue weighted by molar-refractivity contribution is -0.139. The predicted molar refractivity (Wildman–Crippen MR) is 51.5 cm³/mol. The van der Waals surface area contributed by atoms with Crippen LogP contribution in [0.5, 0.6) is 0 Å². The molecule has 0 saturated heterocycles. The minimum absolute atomic E-state index is 0.139. The lowest BCUT2D eigenvalue weighted by atomic mass is 10.2. The molecule has 78 valence electrons. The van der Waals surface area contributed by atoms with Crippen molar-refractivity contribution in [1.29, 1.82) is 0 Å². The predicted octanol–water partition coefficient (Wildman–Crippen LogP) is 1.87. The van der Waals surface area contributed by atoms with Gasteiger partial charge in [0.2, 0.25) is 0 Å². The second-order valence-electron chi connectivity index (χ2n) is 2.64. The summed E-state index contributed by atoms with van der Waals surface area (Å²) >= 11 is 0. The molecule has 0 fully saturated rings. The second-order valence-corrected chi connectivity index (χ2v) is 2.64. The first-order valence-electron chi connectivity index (χ1n) is 4.34. The molecule has 0 aliphatic heterocycles. The van der Waals surface area contributed by atoms with Crippen molar-refractivity contribution in [2.24, 2.45) is 0 Å². The maximum absolute atomic E-state index is 10.9. The SMILES string of the molecule is C=CCCCC(=O)OC=CCC(=O)O. The third-order valence-corrected chi connectivity index (χ3v) is 1.38. The number of rotatable bonds is 7. The third kappa shape index (κ3) is 8.52. The summed E-state index contributed by atoms with van der Waals surface area (Å²) in [7, 11) is 0. The van der Waals surface area contributed by atoms with Gasteiger partial charge >= 0.3 is 11.9 Å². The van der Waals surface area contributed by atoms with Gasteiger partial charge in [-0.15, -0.1) is 6.58 Å². The van der Waals surface area contributed by atoms with Gasteiger partial charge in [-0.3, -0.25) is 9.59 Å². The molecule has 0 aliphatic rings. The zero-order valence-electron chi connectivity index (χ0n) is 7.94. The van der Waals surface area contributed by atoms with Gasteiger partial charge in [0.1, 0.15) is 0 Å². The van der Waals surface area contributed by atoms with Crippen LogP contribution >= 0.6 is 0 Å². The minimum Gasteiger partial charge on any atom is -0.481 e. The maximum atomic E-state index is 10.9. The van der Waals surface area contributed by atoms with E-state index in [1.807, 2.05) is 0 Å². The number of unbranched alkanes of at least 4 members (excludes halogenated alkanes) is 1. The topological polar surface area (TPSA) is 63.6 Å². The fraction of sp³-hybridized carbons (Fsp3) is 0.400. The average Bonchev–Trinajstić information content (AvgIpc) is 2.13. The molecule has 0 aromatic heterocycles. The molecule has 0 radical (unpaired) electrons. The van der Waals surface area contributed by atoms with E-state index in [-0.39, 0.29) is 12.4 Å². The molecule has 0 saturated carbocycles. The number of ether oxygens (including phenoxy) is 1. The Balaban J connectivity index is 3.47. The first-order chi connectivity index (χ1) is 6.66. The Morgan fingerprint density at radius 1 is 1.43 bits per heavy atom. The number of hydrogen-bond acceptors (Lipinski definition) is 3. The number of allylic oxidation sites excluding steroid dienone is 1. The van der Waals surface area contributed by atoms with Crippen molar-refractivity contribution < 1.29 is 19.4 Å². The Morgan fingerprint density at radius 2 is 2.14 bits per heavy atom. The highest BCUT2D eigenvalue weighted by Gasteiger charge is 1.98. The normalized spacial score (nSPS) is 10.0. The average molecular weight is 198 g/mol. The van der Waals surface area contributed by atoms with Crippen molar-refractivity contribution in [3.8, 4) is 0 Å². The van der Waals surface area contributed by atoms with Gasteiger partial charge in [0.05, 0.1) is 12.7 Å². The van der Waals surface area contributed by atoms with E-state index in [1.54, 1.807) is 6.08 Å². The summed E-state index contributed by atoms with van der Waals surface area (Å²) in [5, 5.41) is 8.25. The molecule has 0 amide bonds. The van der Waals surface area contributed by atoms with E-state index < -0.39 is 5.97 Å². The van der Waals surface area contributed by atoms with Crippen molar-refractivity contribution in [2.75, 3.05) is 0 Å². The maximum Gasteiger partial charge on any atom is 0.310 e. The van der Waals surface area contributed by atoms with Gasteiger partial charge in [0.15, 0.2) is 0 Å². The summed E-state index contributed by atoms with van der Waals surface area (Å²) in [4.78, 5) is 21.0. The van der Waals surface area contributed by atoms with Crippen LogP contribution in [0.2, 0.25) is 0 Å². The summed E-state index contributed by atoms with van der Waals surface area (Å²) in [6.07, 6.45) is 5.79. The van der Waals surface area contributed by atoms with Crippen LogP contribution in [-0.4, -0.2) is 17.0 Å². The third-order valence-electron chi connectivity index (χ3n) is 1.38. The van der Waals surface area contributed by atoms with Crippen molar-refractivity contribution >= 4 is 11.9 Å². The van der Waals surface area contributed by atoms with E-state index in [9.17, 15) is 9.59 Å². The quantitative estimate of drug-likeness (QED) is 0.293. The minimum atomic E-state index is -0.955. The van der Waals surface area contributed by atoms with Crippen LogP contribution in [0.25, 0.3) is 0 Å². The van der Waals surface area contributed by atoms with E-state index in [0.717, 1.165) is 12.7 Å². The molecular formula is C10H14O4. The number of carboxylic acids is 1. The van der Waals surface area contributed by atoms with Gasteiger partial charge in [0, 0.05) is 6.42 Å². The highest BCUT2D eigenvalue weighted by Crippen LogP contribution is 1.98. The Bertz CT molecular complexity index is 230. The molecular weight excluding hydrogens is 184 g/mol. The van der Waals surface area contributed by atoms with Crippen LogP contribution in [0.15, 0.2) is 25.0 Å². The number of aliphatic carboxylic acids is 1. The molecule has 0 aromatic rings. The Kier molecular flexibility index (Phi) is 7.13. The van der Waals surface area contributed by atoms with E-state index >= 15 is 0 Å². The number of hydrogen-bond donors (Lipinski definition) is 1. The number of carboxylic acid groups (broad SMARTS) is 1. The fourth-order valence-electron chi connectivity index (χ4n) is 0.723. The first-order valence-corrected chi connectivity index (χ1v) is 4.34. The largest absolute Gasteiger partial charge is 0.481 e. The first kappa shape index (κ1) is 12.4. The number of esters is 1. The zero-order valence-corrected chi connectivity index (χ0v) is 7.94. The smallest absolute Gasteiger partial charge is 0.310 e. The summed E-state index contributed by atoms with van der Waals surface area (Å²) in [5.41, 5.74) is 0. The fourth-order valence-corrected chi connectivity index (χ4v) is 0.723. The monoisotopic (exact) mass is 198 g/mol. The van der Waals surface area contributed by atoms with Gasteiger partial charge in [0.25, 0.3) is 0 Å². The lowest BCUT2D eigenvalue weighted by Crippen LogP contribution is -1.99. The van der Waals surface area contributed by atoms with E-state index in [1.165, 1.54) is 6.08 Å². The highest BCUT2D eigenvalue weighted by molar-refractivity contribution is 5.70. The van der Waals surface area contributed by atoms with Gasteiger partial charge in [-0.2, -0.15) is 0 Å². The molecule has 0 heterocycles. The summed E-state index contributed by atoms with van der Waals surface area (Å²) < 4.78 is 4.62. The van der Waals surface area contributed by atoms with E-state index in [2.05, 4.69) is 11.3 Å². The van der Waals surface area contributed by atoms with Gasteiger partial charge in [-0.25, -0.2) is 0 Å². The Hall–Kier alpha value is -1.58. The van der Waals surface area contributed by atoms with Crippen LogP contribution in [0, 0.1) is 0 Å². The van der Waals surface area contributed by atoms with Crippen LogP contribution in [0.3, 0.4) is 0 Å². The van der Waals surface area contributed by atoms with Crippen molar-refractivity contribution in [3.05, 3.63) is 25.0 Å². The Labute approximate surface area is 82.9 Å². The number of carbonyl (C=O) groups excluding carboxylic acids is 1. The van der Waals surface area contributed by atoms with Crippen LogP contribution in [0.4, 0.5) is 0 Å². The molecule has 4 heteroatoms. The van der Waals surface area contributed by atoms with Crippen LogP contribution < -0.4 is 0 Å². The van der Waals surface area contributed by atoms with Crippen LogP contribution in [0.1, 0.15) is 25.7 Å². The molecule has 0 aliphatic carbocycles. The molecule has 0 spiro atoms. The van der Waals surface area contributed by atoms with Crippen molar-refractivity contribution in [1.82, 2.24) is 0 Å². The molecule has 4 nitrogen and oxygen atoms in total. The second kappa shape index (κ2) is 8.04. The molecule has 0 unspecified atom stereocenters. The van der Waals surface area contributed by atoms with Crippen LogP contribution in [-0.2, 0) is 14.3 Å². The molecule has 0 bridgehead atoms. The molecule has 0 rings (SSSR count). The number of carbonyl (C=O) groups is 2. The van der Waals surface area contributed by atoms with Gasteiger partial charge < -0.3 is 9.84 Å². The van der Waals surface area contributed by atoms with Crippen molar-refractivity contribution in [3.63, 3.8) is 0 Å². The lowest BCUT2D eigenvalue weighted by Gasteiger charge is -1.96. The zero-order chi connectivity index (χ0) is 10.8. The highest BCUT2D eigenvalue weighted by atomic mass is 16.5. The summed E-state index contributed by atoms with van der Waals surface area (Å²) in [6, 6.07) is 0. The molecule has 14 heavy (non-hydrogen) atoms. The summed E-state index contributed by atoms with van der Waals surface area (Å²) in [6.45, 7) is 3.52. The molecule has 0 aromatic carbocycles. The van der Waals surface area contributed by atoms with E-state index in [0.29, 0.717) is 12.8 Å². The molecule has 0 atom stereocenters. The van der Waals surface area contributed by atoms with Gasteiger partial charge in [-0.05, 0) is 18.9 Å². The van der Waals surface area contributed by atoms with E-state index in [4.69, 9.17) is 5.11 Å². The van der Waals surface area contributed by atoms with Crippen molar-refractivity contribution in [2.45, 2.75) is 25.7 Å². The summed E-state index contributed by atoms with van der Waals surface area (Å²) in [5.74, 6) is -1.31. The van der Waals surface area contributed by atoms with Gasteiger partial charge in [-0.1, -0.05) is 6.08 Å². The standard InChI is InChI=1S/C10H14O4/c1-2-3-4-7-10(13)14-8-5-6-9(11)12/h2,5,8H,1,3-4,6-7H2,(H,11,12). The molecule has 1 N–H and O–H groups in total. The Morgan fingerprint density at radius 3 is 2.71 bits per heavy atom.